The van der Waals surface area contributed by atoms with Crippen molar-refractivity contribution >= 4 is 11.5 Å². The molecule has 0 radical (unpaired) electrons. The third-order valence-electron chi connectivity index (χ3n) is 3.38. The highest BCUT2D eigenvalue weighted by Gasteiger charge is 2.00. The highest BCUT2D eigenvalue weighted by molar-refractivity contribution is 5.81. The fraction of sp³-hybridized carbons (Fsp3) is 0.412. The molecular formula is C17H22N2O2. The average molecular weight is 286 g/mol. The molecule has 0 N–H and O–H groups in total. The van der Waals surface area contributed by atoms with Crippen LogP contribution in [0.1, 0.15) is 38.3 Å². The van der Waals surface area contributed by atoms with Crippen LogP contribution < -0.4 is 0 Å². The van der Waals surface area contributed by atoms with Crippen LogP contribution >= 0.6 is 0 Å². The molecule has 0 aliphatic rings. The third kappa shape index (κ3) is 4.74. The topological polar surface area (TPSA) is 43.6 Å². The molecule has 0 aliphatic heterocycles. The maximum atomic E-state index is 11.1. The van der Waals surface area contributed by atoms with Gasteiger partial charge in [0.2, 0.25) is 0 Å². The summed E-state index contributed by atoms with van der Waals surface area (Å²) < 4.78 is 6.97. The van der Waals surface area contributed by atoms with Gasteiger partial charge in [-0.05, 0) is 44.7 Å². The van der Waals surface area contributed by atoms with E-state index >= 15 is 0 Å². The number of nitrogens with zero attached hydrogens (tertiary/aromatic N) is 2. The summed E-state index contributed by atoms with van der Waals surface area (Å²) in [5.74, 6) is -0.246. The van der Waals surface area contributed by atoms with Gasteiger partial charge in [-0.15, -0.1) is 0 Å². The Kier molecular flexibility index (Phi) is 6.00. The van der Waals surface area contributed by atoms with Crippen LogP contribution in [0.15, 0.2) is 42.9 Å². The SMILES string of the molecule is CCOC(=O)/C=C/CCCCCc1cccc2cncn12. The predicted molar refractivity (Wildman–Crippen MR) is 83.1 cm³/mol. The first-order valence-electron chi connectivity index (χ1n) is 7.54. The van der Waals surface area contributed by atoms with Crippen LogP contribution in [0.4, 0.5) is 0 Å². The molecule has 0 amide bonds. The van der Waals surface area contributed by atoms with Crippen molar-refractivity contribution in [3.8, 4) is 0 Å². The number of ether oxygens (including phenoxy) is 1. The van der Waals surface area contributed by atoms with Gasteiger partial charge in [-0.25, -0.2) is 9.78 Å². The van der Waals surface area contributed by atoms with E-state index in [4.69, 9.17) is 4.74 Å². The zero-order valence-corrected chi connectivity index (χ0v) is 12.5. The summed E-state index contributed by atoms with van der Waals surface area (Å²) >= 11 is 0. The molecule has 0 aromatic carbocycles. The monoisotopic (exact) mass is 286 g/mol. The van der Waals surface area contributed by atoms with Gasteiger partial charge in [0.15, 0.2) is 0 Å². The highest BCUT2D eigenvalue weighted by Crippen LogP contribution is 2.11. The largest absolute Gasteiger partial charge is 0.463 e. The van der Waals surface area contributed by atoms with E-state index in [2.05, 4.69) is 27.6 Å². The van der Waals surface area contributed by atoms with Crippen LogP contribution in [0, 0.1) is 0 Å². The molecule has 2 heterocycles. The van der Waals surface area contributed by atoms with Gasteiger partial charge >= 0.3 is 5.97 Å². The van der Waals surface area contributed by atoms with Gasteiger partial charge in [0.05, 0.1) is 24.6 Å². The number of unbranched alkanes of at least 4 members (excludes halogenated alkanes) is 3. The molecule has 2 aromatic rings. The van der Waals surface area contributed by atoms with Crippen LogP contribution in [-0.4, -0.2) is 22.0 Å². The number of esters is 1. The van der Waals surface area contributed by atoms with Crippen molar-refractivity contribution < 1.29 is 9.53 Å². The van der Waals surface area contributed by atoms with E-state index in [0.717, 1.165) is 37.6 Å². The predicted octanol–water partition coefficient (Wildman–Crippen LogP) is 3.56. The second-order valence-electron chi connectivity index (χ2n) is 4.96. The summed E-state index contributed by atoms with van der Waals surface area (Å²) in [6, 6.07) is 6.29. The molecule has 0 atom stereocenters. The minimum absolute atomic E-state index is 0.246. The average Bonchev–Trinajstić information content (AvgIpc) is 2.95. The molecule has 4 nitrogen and oxygen atoms in total. The number of aromatic nitrogens is 2. The molecular weight excluding hydrogens is 264 g/mol. The highest BCUT2D eigenvalue weighted by atomic mass is 16.5. The minimum atomic E-state index is -0.246. The molecule has 0 bridgehead atoms. The molecule has 0 saturated heterocycles. The van der Waals surface area contributed by atoms with E-state index < -0.39 is 0 Å². The molecule has 0 saturated carbocycles. The minimum Gasteiger partial charge on any atom is -0.463 e. The number of hydrogen-bond acceptors (Lipinski definition) is 3. The normalized spacial score (nSPS) is 11.3. The van der Waals surface area contributed by atoms with Gasteiger partial charge in [0.25, 0.3) is 0 Å². The molecule has 2 rings (SSSR count). The van der Waals surface area contributed by atoms with Gasteiger partial charge < -0.3 is 9.14 Å². The van der Waals surface area contributed by atoms with Gasteiger partial charge in [-0.1, -0.05) is 18.6 Å². The summed E-state index contributed by atoms with van der Waals surface area (Å²) in [7, 11) is 0. The number of rotatable bonds is 8. The second-order valence-corrected chi connectivity index (χ2v) is 4.96. The Morgan fingerprint density at radius 3 is 3.10 bits per heavy atom. The van der Waals surface area contributed by atoms with Crippen molar-refractivity contribution in [2.45, 2.75) is 39.0 Å². The fourth-order valence-corrected chi connectivity index (χ4v) is 2.33. The zero-order chi connectivity index (χ0) is 14.9. The Morgan fingerprint density at radius 1 is 1.33 bits per heavy atom. The van der Waals surface area contributed by atoms with Crippen molar-refractivity contribution in [2.75, 3.05) is 6.61 Å². The number of pyridine rings is 1. The smallest absolute Gasteiger partial charge is 0.330 e. The molecule has 112 valence electrons. The second kappa shape index (κ2) is 8.25. The summed E-state index contributed by atoms with van der Waals surface area (Å²) in [5.41, 5.74) is 2.44. The molecule has 0 aliphatic carbocycles. The Morgan fingerprint density at radius 2 is 2.24 bits per heavy atom. The van der Waals surface area contributed by atoms with E-state index in [1.54, 1.807) is 0 Å². The lowest BCUT2D eigenvalue weighted by atomic mass is 10.1. The van der Waals surface area contributed by atoms with Crippen molar-refractivity contribution in [1.29, 1.82) is 0 Å². The van der Waals surface area contributed by atoms with Gasteiger partial charge in [0.1, 0.15) is 0 Å². The van der Waals surface area contributed by atoms with Crippen LogP contribution in [0.2, 0.25) is 0 Å². The van der Waals surface area contributed by atoms with E-state index in [9.17, 15) is 4.79 Å². The number of aryl methyl sites for hydroxylation is 1. The lowest BCUT2D eigenvalue weighted by Crippen LogP contribution is -1.98. The maximum Gasteiger partial charge on any atom is 0.330 e. The van der Waals surface area contributed by atoms with E-state index in [0.29, 0.717) is 6.61 Å². The summed E-state index contributed by atoms with van der Waals surface area (Å²) in [5, 5.41) is 0. The number of carbonyl (C=O) groups excluding carboxylic acids is 1. The first kappa shape index (κ1) is 15.3. The Labute approximate surface area is 125 Å². The Balaban J connectivity index is 1.66. The van der Waals surface area contributed by atoms with Gasteiger partial charge in [-0.3, -0.25) is 0 Å². The van der Waals surface area contributed by atoms with Crippen LogP contribution in [-0.2, 0) is 16.0 Å². The molecule has 0 fully saturated rings. The van der Waals surface area contributed by atoms with E-state index in [1.165, 1.54) is 11.8 Å². The molecule has 0 unspecified atom stereocenters. The Bertz CT molecular complexity index is 602. The van der Waals surface area contributed by atoms with Crippen molar-refractivity contribution in [3.05, 3.63) is 48.6 Å². The standard InChI is InChI=1S/C17H22N2O2/c1-2-21-17(20)12-7-5-3-4-6-9-15-10-8-11-16-13-18-14-19(15)16/h7-8,10-14H,2-6,9H2,1H3/b12-7+. The number of imidazole rings is 1. The maximum absolute atomic E-state index is 11.1. The van der Waals surface area contributed by atoms with Crippen molar-refractivity contribution in [3.63, 3.8) is 0 Å². The van der Waals surface area contributed by atoms with Crippen LogP contribution in [0.5, 0.6) is 0 Å². The fourth-order valence-electron chi connectivity index (χ4n) is 2.33. The first-order valence-corrected chi connectivity index (χ1v) is 7.54. The molecule has 21 heavy (non-hydrogen) atoms. The first-order chi connectivity index (χ1) is 10.3. The molecule has 0 spiro atoms. The number of fused-ring (bicyclic) bond motifs is 1. The lowest BCUT2D eigenvalue weighted by molar-refractivity contribution is -0.137. The quantitative estimate of drug-likeness (QED) is 0.423. The summed E-state index contributed by atoms with van der Waals surface area (Å²) in [6.45, 7) is 2.25. The van der Waals surface area contributed by atoms with E-state index in [-0.39, 0.29) is 5.97 Å². The number of hydrogen-bond donors (Lipinski definition) is 0. The van der Waals surface area contributed by atoms with Gasteiger partial charge in [-0.2, -0.15) is 0 Å². The summed E-state index contributed by atoms with van der Waals surface area (Å²) in [4.78, 5) is 15.3. The summed E-state index contributed by atoms with van der Waals surface area (Å²) in [6.07, 6.45) is 12.5. The molecule has 2 aromatic heterocycles. The number of carbonyl (C=O) groups is 1. The van der Waals surface area contributed by atoms with Crippen LogP contribution in [0.3, 0.4) is 0 Å². The molecule has 4 heteroatoms. The van der Waals surface area contributed by atoms with Crippen molar-refractivity contribution in [2.24, 2.45) is 0 Å². The zero-order valence-electron chi connectivity index (χ0n) is 12.5. The van der Waals surface area contributed by atoms with Crippen LogP contribution in [0.25, 0.3) is 5.52 Å². The number of allylic oxidation sites excluding steroid dienone is 1. The van der Waals surface area contributed by atoms with E-state index in [1.807, 2.05) is 25.5 Å². The van der Waals surface area contributed by atoms with Crippen molar-refractivity contribution in [1.82, 2.24) is 9.38 Å². The Hall–Kier alpha value is -2.10. The van der Waals surface area contributed by atoms with Gasteiger partial charge in [0, 0.05) is 11.8 Å². The third-order valence-corrected chi connectivity index (χ3v) is 3.38. The lowest BCUT2D eigenvalue weighted by Gasteiger charge is -2.04.